The fraction of sp³-hybridized carbons (Fsp3) is 0.588. The van der Waals surface area contributed by atoms with E-state index in [2.05, 4.69) is 5.32 Å². The lowest BCUT2D eigenvalue weighted by Crippen LogP contribution is -2.49. The van der Waals surface area contributed by atoms with Gasteiger partial charge < -0.3 is 15.3 Å². The molecule has 0 bridgehead atoms. The fourth-order valence-electron chi connectivity index (χ4n) is 2.73. The van der Waals surface area contributed by atoms with Gasteiger partial charge in [-0.05, 0) is 38.7 Å². The van der Waals surface area contributed by atoms with E-state index in [4.69, 9.17) is 0 Å². The Balaban J connectivity index is 1.88. The van der Waals surface area contributed by atoms with Crippen LogP contribution in [0.25, 0.3) is 0 Å². The maximum atomic E-state index is 12.3. The number of piperidine rings is 1. The van der Waals surface area contributed by atoms with Crippen LogP contribution in [0.4, 0.5) is 0 Å². The summed E-state index contributed by atoms with van der Waals surface area (Å²) in [6.45, 7) is 5.73. The van der Waals surface area contributed by atoms with E-state index in [1.807, 2.05) is 42.2 Å². The molecule has 4 nitrogen and oxygen atoms in total. The molecule has 4 heteroatoms. The number of nitrogens with one attached hydrogen (secondary N) is 1. The first-order valence-corrected chi connectivity index (χ1v) is 7.81. The third kappa shape index (κ3) is 4.29. The van der Waals surface area contributed by atoms with E-state index < -0.39 is 5.60 Å². The molecule has 2 unspecified atom stereocenters. The zero-order valence-corrected chi connectivity index (χ0v) is 13.0. The van der Waals surface area contributed by atoms with Gasteiger partial charge in [-0.2, -0.15) is 0 Å². The summed E-state index contributed by atoms with van der Waals surface area (Å²) < 4.78 is 0. The lowest BCUT2D eigenvalue weighted by Gasteiger charge is -2.31. The van der Waals surface area contributed by atoms with Crippen LogP contribution in [0.2, 0.25) is 0 Å². The van der Waals surface area contributed by atoms with Crippen LogP contribution in [0, 0.1) is 0 Å². The summed E-state index contributed by atoms with van der Waals surface area (Å²) in [6.07, 6.45) is 3.41. The van der Waals surface area contributed by atoms with Gasteiger partial charge in [0, 0.05) is 19.6 Å². The lowest BCUT2D eigenvalue weighted by molar-refractivity contribution is -0.134. The van der Waals surface area contributed by atoms with E-state index in [-0.39, 0.29) is 11.9 Å². The summed E-state index contributed by atoms with van der Waals surface area (Å²) in [5.74, 6) is 0.138. The molecule has 2 rings (SSSR count). The Morgan fingerprint density at radius 1 is 1.29 bits per heavy atom. The molecule has 0 saturated carbocycles. The maximum Gasteiger partial charge on any atom is 0.239 e. The van der Waals surface area contributed by atoms with Crippen molar-refractivity contribution in [1.29, 1.82) is 0 Å². The van der Waals surface area contributed by atoms with Gasteiger partial charge in [0.25, 0.3) is 0 Å². The van der Waals surface area contributed by atoms with Crippen LogP contribution in [-0.4, -0.2) is 41.6 Å². The Labute approximate surface area is 127 Å². The highest BCUT2D eigenvalue weighted by Gasteiger charge is 2.27. The van der Waals surface area contributed by atoms with Gasteiger partial charge in [0.15, 0.2) is 0 Å². The fourth-order valence-corrected chi connectivity index (χ4v) is 2.73. The summed E-state index contributed by atoms with van der Waals surface area (Å²) in [5, 5.41) is 13.7. The second-order valence-electron chi connectivity index (χ2n) is 6.13. The second-order valence-corrected chi connectivity index (χ2v) is 6.13. The molecule has 1 saturated heterocycles. The summed E-state index contributed by atoms with van der Waals surface area (Å²) in [5.41, 5.74) is -0.118. The predicted molar refractivity (Wildman–Crippen MR) is 83.9 cm³/mol. The summed E-state index contributed by atoms with van der Waals surface area (Å²) >= 11 is 0. The minimum Gasteiger partial charge on any atom is -0.384 e. The first-order chi connectivity index (χ1) is 10.0. The Morgan fingerprint density at radius 3 is 2.52 bits per heavy atom. The van der Waals surface area contributed by atoms with Crippen LogP contribution in [-0.2, 0) is 10.4 Å². The summed E-state index contributed by atoms with van der Waals surface area (Å²) in [4.78, 5) is 14.3. The molecule has 116 valence electrons. The van der Waals surface area contributed by atoms with E-state index in [0.29, 0.717) is 6.54 Å². The van der Waals surface area contributed by atoms with Crippen molar-refractivity contribution in [1.82, 2.24) is 10.2 Å². The normalized spacial score (nSPS) is 19.9. The molecule has 1 aliphatic rings. The average Bonchev–Trinajstić information content (AvgIpc) is 2.53. The number of amides is 1. The van der Waals surface area contributed by atoms with Gasteiger partial charge in [0.2, 0.25) is 5.91 Å². The van der Waals surface area contributed by atoms with E-state index in [1.165, 1.54) is 6.42 Å². The highest BCUT2D eigenvalue weighted by Crippen LogP contribution is 2.19. The van der Waals surface area contributed by atoms with Crippen LogP contribution in [0.1, 0.15) is 38.7 Å². The largest absolute Gasteiger partial charge is 0.384 e. The number of rotatable bonds is 5. The van der Waals surface area contributed by atoms with E-state index >= 15 is 0 Å². The number of carbonyl (C=O) groups is 1. The number of aliphatic hydroxyl groups is 1. The molecule has 2 atom stereocenters. The summed E-state index contributed by atoms with van der Waals surface area (Å²) in [7, 11) is 0. The van der Waals surface area contributed by atoms with Gasteiger partial charge in [-0.3, -0.25) is 4.79 Å². The Bertz CT molecular complexity index is 453. The molecule has 1 fully saturated rings. The van der Waals surface area contributed by atoms with E-state index in [9.17, 15) is 9.90 Å². The minimum atomic E-state index is -0.975. The molecular weight excluding hydrogens is 264 g/mol. The number of benzene rings is 1. The van der Waals surface area contributed by atoms with Gasteiger partial charge >= 0.3 is 0 Å². The van der Waals surface area contributed by atoms with Crippen molar-refractivity contribution in [3.8, 4) is 0 Å². The molecule has 2 N–H and O–H groups in total. The average molecular weight is 290 g/mol. The molecular formula is C17H26N2O2. The standard InChI is InChI=1S/C17H26N2O2/c1-14(16(20)19-11-7-4-8-12-19)18-13-17(2,21)15-9-5-3-6-10-15/h3,5-6,9-10,14,18,21H,4,7-8,11-13H2,1-2H3. The smallest absolute Gasteiger partial charge is 0.239 e. The SMILES string of the molecule is CC(NCC(C)(O)c1ccccc1)C(=O)N1CCCCC1. The number of carbonyl (C=O) groups excluding carboxylic acids is 1. The predicted octanol–water partition coefficient (Wildman–Crippen LogP) is 1.88. The molecule has 21 heavy (non-hydrogen) atoms. The Hall–Kier alpha value is -1.39. The van der Waals surface area contributed by atoms with Crippen molar-refractivity contribution >= 4 is 5.91 Å². The molecule has 1 aromatic carbocycles. The monoisotopic (exact) mass is 290 g/mol. The van der Waals surface area contributed by atoms with Crippen molar-refractivity contribution in [2.45, 2.75) is 44.8 Å². The number of hydrogen-bond acceptors (Lipinski definition) is 3. The molecule has 0 spiro atoms. The van der Waals surface area contributed by atoms with Crippen molar-refractivity contribution in [2.75, 3.05) is 19.6 Å². The third-order valence-corrected chi connectivity index (χ3v) is 4.19. The molecule has 0 radical (unpaired) electrons. The van der Waals surface area contributed by atoms with Crippen molar-refractivity contribution in [3.05, 3.63) is 35.9 Å². The zero-order chi connectivity index (χ0) is 15.3. The van der Waals surface area contributed by atoms with Crippen LogP contribution in [0.15, 0.2) is 30.3 Å². The van der Waals surface area contributed by atoms with Crippen molar-refractivity contribution < 1.29 is 9.90 Å². The summed E-state index contributed by atoms with van der Waals surface area (Å²) in [6, 6.07) is 9.28. The third-order valence-electron chi connectivity index (χ3n) is 4.19. The first kappa shape index (κ1) is 16.0. The Morgan fingerprint density at radius 2 is 1.90 bits per heavy atom. The van der Waals surface area contributed by atoms with Gasteiger partial charge in [-0.25, -0.2) is 0 Å². The van der Waals surface area contributed by atoms with Crippen molar-refractivity contribution in [3.63, 3.8) is 0 Å². The quantitative estimate of drug-likeness (QED) is 0.870. The zero-order valence-electron chi connectivity index (χ0n) is 13.0. The maximum absolute atomic E-state index is 12.3. The van der Waals surface area contributed by atoms with Crippen molar-refractivity contribution in [2.24, 2.45) is 0 Å². The first-order valence-electron chi connectivity index (χ1n) is 7.81. The molecule has 1 aromatic rings. The number of likely N-dealkylation sites (tertiary alicyclic amines) is 1. The lowest BCUT2D eigenvalue weighted by atomic mass is 9.96. The van der Waals surface area contributed by atoms with Gasteiger partial charge in [-0.15, -0.1) is 0 Å². The molecule has 0 aromatic heterocycles. The van der Waals surface area contributed by atoms with Gasteiger partial charge in [0.1, 0.15) is 0 Å². The van der Waals surface area contributed by atoms with E-state index in [0.717, 1.165) is 31.5 Å². The van der Waals surface area contributed by atoms with E-state index in [1.54, 1.807) is 6.92 Å². The molecule has 0 aliphatic carbocycles. The molecule has 1 amide bonds. The number of nitrogens with zero attached hydrogens (tertiary/aromatic N) is 1. The van der Waals surface area contributed by atoms with Crippen LogP contribution >= 0.6 is 0 Å². The molecule has 1 aliphatic heterocycles. The van der Waals surface area contributed by atoms with Crippen LogP contribution in [0.5, 0.6) is 0 Å². The van der Waals surface area contributed by atoms with Gasteiger partial charge in [0.05, 0.1) is 11.6 Å². The van der Waals surface area contributed by atoms with Crippen LogP contribution < -0.4 is 5.32 Å². The molecule has 1 heterocycles. The van der Waals surface area contributed by atoms with Gasteiger partial charge in [-0.1, -0.05) is 30.3 Å². The topological polar surface area (TPSA) is 52.6 Å². The van der Waals surface area contributed by atoms with Crippen LogP contribution in [0.3, 0.4) is 0 Å². The highest BCUT2D eigenvalue weighted by molar-refractivity contribution is 5.81. The number of hydrogen-bond donors (Lipinski definition) is 2. The minimum absolute atomic E-state index is 0.138. The highest BCUT2D eigenvalue weighted by atomic mass is 16.3. The Kier molecular flexibility index (Phi) is 5.37. The second kappa shape index (κ2) is 7.05.